The lowest BCUT2D eigenvalue weighted by Gasteiger charge is -2.32. The summed E-state index contributed by atoms with van der Waals surface area (Å²) in [4.78, 5) is 2.94. The van der Waals surface area contributed by atoms with Gasteiger partial charge in [0.05, 0.1) is 4.90 Å². The van der Waals surface area contributed by atoms with E-state index >= 15 is 0 Å². The van der Waals surface area contributed by atoms with Crippen LogP contribution in [-0.4, -0.2) is 76.2 Å². The van der Waals surface area contributed by atoms with Crippen molar-refractivity contribution in [3.05, 3.63) is 59.7 Å². The molecule has 160 valence electrons. The first-order valence-electron chi connectivity index (χ1n) is 13.4. The summed E-state index contributed by atoms with van der Waals surface area (Å²) in [6.45, 7) is -11.6. The minimum Gasteiger partial charge on any atom is -0.304 e. The number of likely N-dealkylation sites (N-methyl/N-ethyl adjacent to an activating group) is 1. The fraction of sp³-hybridized carbons (Fsp3) is 0.391. The molecule has 0 spiro atoms. The van der Waals surface area contributed by atoms with E-state index < -0.39 is 36.0 Å². The van der Waals surface area contributed by atoms with Crippen molar-refractivity contribution < 1.29 is 19.4 Å². The van der Waals surface area contributed by atoms with Crippen LogP contribution in [0, 0.1) is 0 Å². The van der Waals surface area contributed by atoms with Gasteiger partial charge in [-0.05, 0) is 54.4 Å². The van der Waals surface area contributed by atoms with Crippen LogP contribution in [0.3, 0.4) is 0 Å². The molecule has 1 saturated heterocycles. The van der Waals surface area contributed by atoms with Gasteiger partial charge in [-0.2, -0.15) is 0 Å². The fourth-order valence-corrected chi connectivity index (χ4v) is 5.23. The van der Waals surface area contributed by atoms with E-state index in [4.69, 9.17) is 11.0 Å². The first kappa shape index (κ1) is 13.7. The molecule has 7 heteroatoms. The third kappa shape index (κ3) is 4.36. The summed E-state index contributed by atoms with van der Waals surface area (Å²) < 4.78 is 93.3. The lowest BCUT2D eigenvalue weighted by molar-refractivity contribution is 0.156. The molecule has 0 amide bonds. The van der Waals surface area contributed by atoms with Crippen LogP contribution in [0.2, 0.25) is 0 Å². The van der Waals surface area contributed by atoms with Crippen molar-refractivity contribution in [3.63, 3.8) is 0 Å². The highest BCUT2D eigenvalue weighted by molar-refractivity contribution is 7.99. The van der Waals surface area contributed by atoms with Gasteiger partial charge >= 0.3 is 0 Å². The highest BCUT2D eigenvalue weighted by Gasteiger charge is 2.25. The Balaban J connectivity index is 1.77. The predicted octanol–water partition coefficient (Wildman–Crippen LogP) is 3.47. The van der Waals surface area contributed by atoms with Crippen molar-refractivity contribution in [1.29, 1.82) is 0 Å². The van der Waals surface area contributed by atoms with Gasteiger partial charge in [-0.1, -0.05) is 36.0 Å². The normalized spacial score (nSPS) is 29.8. The Morgan fingerprint density at radius 3 is 2.50 bits per heavy atom. The highest BCUT2D eigenvalue weighted by Crippen LogP contribution is 2.46. The molecule has 0 N–H and O–H groups in total. The largest absolute Gasteiger partial charge is 0.304 e. The summed E-state index contributed by atoms with van der Waals surface area (Å²) in [5.74, 6) is 0. The van der Waals surface area contributed by atoms with Gasteiger partial charge in [-0.3, -0.25) is 0 Å². The zero-order valence-electron chi connectivity index (χ0n) is 25.0. The number of nitrogens with zero attached hydrogens (tertiary/aromatic N) is 3. The topological polar surface area (TPSA) is 43.9 Å². The Morgan fingerprint density at radius 1 is 1.07 bits per heavy atom. The molecule has 2 aromatic rings. The average Bonchev–Trinajstić information content (AvgIpc) is 2.83. The molecule has 0 atom stereocenters. The van der Waals surface area contributed by atoms with Gasteiger partial charge in [0.25, 0.3) is 0 Å². The lowest BCUT2D eigenvalue weighted by atomic mass is 9.96. The van der Waals surface area contributed by atoms with E-state index in [1.54, 1.807) is 24.3 Å². The van der Waals surface area contributed by atoms with E-state index in [1.807, 2.05) is 24.3 Å². The molecule has 4 rings (SSSR count). The van der Waals surface area contributed by atoms with E-state index in [9.17, 15) is 8.42 Å². The van der Waals surface area contributed by atoms with Crippen molar-refractivity contribution in [3.8, 4) is 0 Å². The van der Waals surface area contributed by atoms with Crippen LogP contribution in [-0.2, 0) is 10.0 Å². The average molecular weight is 452 g/mol. The highest BCUT2D eigenvalue weighted by atomic mass is 32.2. The fourth-order valence-electron chi connectivity index (χ4n) is 3.22. The Bertz CT molecular complexity index is 1370. The van der Waals surface area contributed by atoms with Crippen LogP contribution in [0.1, 0.15) is 28.5 Å². The monoisotopic (exact) mass is 451 g/mol. The molecule has 5 nitrogen and oxygen atoms in total. The molecule has 0 saturated carbocycles. The molecule has 2 heterocycles. The maximum atomic E-state index is 12.8. The Hall–Kier alpha value is -1.64. The second kappa shape index (κ2) is 8.85. The zero-order valence-corrected chi connectivity index (χ0v) is 18.6. The SMILES string of the molecule is [2H]C1([2H])N(C)C([2H])([2H])C([2H])([2H])N(CC/C=C2\c3ccccc3Sc3ccc(S(=O)(=O)N(C)C)cc32)C1([2H])[2H]. The minimum atomic E-state index is -3.71. The van der Waals surface area contributed by atoms with Gasteiger partial charge in [0.1, 0.15) is 0 Å². The van der Waals surface area contributed by atoms with Crippen molar-refractivity contribution in [2.45, 2.75) is 21.1 Å². The molecule has 30 heavy (non-hydrogen) atoms. The maximum absolute atomic E-state index is 12.8. The van der Waals surface area contributed by atoms with Gasteiger partial charge in [-0.25, -0.2) is 12.7 Å². The lowest BCUT2D eigenvalue weighted by Crippen LogP contribution is -2.44. The van der Waals surface area contributed by atoms with E-state index in [0.29, 0.717) is 20.9 Å². The molecular weight excluding hydrogens is 414 g/mol. The van der Waals surface area contributed by atoms with E-state index in [1.165, 1.54) is 25.9 Å². The summed E-state index contributed by atoms with van der Waals surface area (Å²) in [5.41, 5.74) is 2.18. The molecule has 0 radical (unpaired) electrons. The quantitative estimate of drug-likeness (QED) is 0.594. The van der Waals surface area contributed by atoms with Crippen LogP contribution in [0.4, 0.5) is 0 Å². The second-order valence-corrected chi connectivity index (χ2v) is 10.3. The number of sulfonamides is 1. The van der Waals surface area contributed by atoms with Crippen molar-refractivity contribution >= 4 is 27.4 Å². The van der Waals surface area contributed by atoms with Gasteiger partial charge in [0.15, 0.2) is 0 Å². The van der Waals surface area contributed by atoms with Crippen LogP contribution >= 0.6 is 11.8 Å². The third-order valence-electron chi connectivity index (χ3n) is 4.82. The van der Waals surface area contributed by atoms with Crippen LogP contribution in [0.15, 0.2) is 63.2 Å². The second-order valence-electron chi connectivity index (χ2n) is 7.11. The van der Waals surface area contributed by atoms with Crippen LogP contribution < -0.4 is 0 Å². The first-order chi connectivity index (χ1) is 17.4. The van der Waals surface area contributed by atoms with Gasteiger partial charge < -0.3 is 9.80 Å². The summed E-state index contributed by atoms with van der Waals surface area (Å²) in [6, 6.07) is 12.4. The summed E-state index contributed by atoms with van der Waals surface area (Å²) in [7, 11) is 0.219. The molecule has 0 aliphatic carbocycles. The van der Waals surface area contributed by atoms with Crippen LogP contribution in [0.25, 0.3) is 5.57 Å². The smallest absolute Gasteiger partial charge is 0.242 e. The third-order valence-corrected chi connectivity index (χ3v) is 7.79. The Morgan fingerprint density at radius 2 is 1.77 bits per heavy atom. The van der Waals surface area contributed by atoms with Gasteiger partial charge in [-0.15, -0.1) is 0 Å². The van der Waals surface area contributed by atoms with Gasteiger partial charge in [0.2, 0.25) is 10.0 Å². The molecule has 2 aliphatic heterocycles. The van der Waals surface area contributed by atoms with Crippen LogP contribution in [0.5, 0.6) is 0 Å². The van der Waals surface area contributed by atoms with Crippen molar-refractivity contribution in [2.24, 2.45) is 0 Å². The summed E-state index contributed by atoms with van der Waals surface area (Å²) in [6.07, 6.45) is 1.80. The molecule has 1 fully saturated rings. The minimum absolute atomic E-state index is 0.0489. The molecule has 2 aliphatic rings. The predicted molar refractivity (Wildman–Crippen MR) is 124 cm³/mol. The molecule has 0 bridgehead atoms. The number of rotatable bonds is 5. The summed E-state index contributed by atoms with van der Waals surface area (Å²) >= 11 is 1.49. The zero-order chi connectivity index (χ0) is 28.5. The number of hydrogen-bond acceptors (Lipinski definition) is 5. The number of hydrogen-bond donors (Lipinski definition) is 0. The van der Waals surface area contributed by atoms with E-state index in [2.05, 4.69) is 0 Å². The standard InChI is InChI=1S/C23H29N3O2S2/c1-24(2)30(27,28)18-10-11-23-21(17-18)19(20-7-4-5-9-22(20)29-23)8-6-12-26-15-13-25(3)14-16-26/h4-5,7-11,17H,6,12-16H2,1-3H3/b19-8+/i13D2,14D2,15D2,16D2. The molecule has 0 aromatic heterocycles. The summed E-state index contributed by atoms with van der Waals surface area (Å²) in [5, 5.41) is 0. The van der Waals surface area contributed by atoms with Crippen molar-refractivity contribution in [1.82, 2.24) is 14.1 Å². The maximum Gasteiger partial charge on any atom is 0.242 e. The first-order valence-corrected chi connectivity index (χ1v) is 11.7. The van der Waals surface area contributed by atoms with Gasteiger partial charge in [0, 0.05) is 67.4 Å². The number of piperazine rings is 1. The van der Waals surface area contributed by atoms with E-state index in [-0.39, 0.29) is 17.9 Å². The number of fused-ring (bicyclic) bond motifs is 2. The van der Waals surface area contributed by atoms with E-state index in [0.717, 1.165) is 26.7 Å². The molecule has 0 unspecified atom stereocenters. The Kier molecular flexibility index (Phi) is 4.04. The molecule has 2 aromatic carbocycles. The van der Waals surface area contributed by atoms with Crippen molar-refractivity contribution in [2.75, 3.05) is 53.7 Å². The Labute approximate surface area is 195 Å². The number of benzene rings is 2. The molecular formula is C23H29N3O2S2.